The Balaban J connectivity index is 1.51. The van der Waals surface area contributed by atoms with E-state index in [1.807, 2.05) is 12.1 Å². The van der Waals surface area contributed by atoms with Crippen LogP contribution in [0.2, 0.25) is 0 Å². The van der Waals surface area contributed by atoms with Crippen LogP contribution in [0, 0.1) is 0 Å². The zero-order chi connectivity index (χ0) is 13.2. The van der Waals surface area contributed by atoms with Gasteiger partial charge in [0.05, 0.1) is 5.56 Å². The van der Waals surface area contributed by atoms with Crippen molar-refractivity contribution in [2.24, 2.45) is 0 Å². The number of carbonyl (C=O) groups is 1. The Bertz CT molecular complexity index is 471. The fourth-order valence-corrected chi connectivity index (χ4v) is 2.80. The van der Waals surface area contributed by atoms with Crippen LogP contribution in [0.1, 0.15) is 35.2 Å². The van der Waals surface area contributed by atoms with Crippen molar-refractivity contribution in [3.8, 4) is 0 Å². The molecule has 0 amide bonds. The first kappa shape index (κ1) is 12.6. The van der Waals surface area contributed by atoms with E-state index in [0.717, 1.165) is 24.7 Å². The number of hydrogen-bond donors (Lipinski definition) is 2. The summed E-state index contributed by atoms with van der Waals surface area (Å²) in [4.78, 5) is 13.5. The van der Waals surface area contributed by atoms with E-state index in [0.29, 0.717) is 11.6 Å². The SMILES string of the molecule is O=C(O)c1cccc(CNC2CCN(C3CC3)C2)c1. The molecule has 0 bridgehead atoms. The summed E-state index contributed by atoms with van der Waals surface area (Å²) in [6, 6.07) is 8.58. The van der Waals surface area contributed by atoms with Crippen LogP contribution in [0.25, 0.3) is 0 Å². The summed E-state index contributed by atoms with van der Waals surface area (Å²) < 4.78 is 0. The standard InChI is InChI=1S/C15H20N2O2/c18-15(19)12-3-1-2-11(8-12)9-16-13-6-7-17(10-13)14-4-5-14/h1-3,8,13-14,16H,4-7,9-10H2,(H,18,19). The number of rotatable bonds is 5. The minimum absolute atomic E-state index is 0.366. The van der Waals surface area contributed by atoms with Crippen molar-refractivity contribution in [2.45, 2.75) is 37.9 Å². The van der Waals surface area contributed by atoms with Gasteiger partial charge >= 0.3 is 5.97 Å². The van der Waals surface area contributed by atoms with Gasteiger partial charge in [-0.25, -0.2) is 4.79 Å². The molecule has 1 saturated heterocycles. The van der Waals surface area contributed by atoms with E-state index in [9.17, 15) is 4.79 Å². The van der Waals surface area contributed by atoms with Crippen molar-refractivity contribution >= 4 is 5.97 Å². The molecular formula is C15H20N2O2. The smallest absolute Gasteiger partial charge is 0.335 e. The lowest BCUT2D eigenvalue weighted by Crippen LogP contribution is -2.32. The Morgan fingerprint density at radius 3 is 2.95 bits per heavy atom. The molecule has 1 unspecified atom stereocenters. The van der Waals surface area contributed by atoms with Crippen molar-refractivity contribution in [3.05, 3.63) is 35.4 Å². The van der Waals surface area contributed by atoms with Crippen molar-refractivity contribution < 1.29 is 9.90 Å². The Morgan fingerprint density at radius 2 is 2.21 bits per heavy atom. The Labute approximate surface area is 113 Å². The number of carboxylic acids is 1. The Hall–Kier alpha value is -1.39. The van der Waals surface area contributed by atoms with E-state index in [1.165, 1.54) is 25.8 Å². The highest BCUT2D eigenvalue weighted by molar-refractivity contribution is 5.87. The molecule has 2 aliphatic rings. The summed E-state index contributed by atoms with van der Waals surface area (Å²) in [6.07, 6.45) is 3.94. The zero-order valence-corrected chi connectivity index (χ0v) is 11.0. The molecule has 1 aromatic carbocycles. The zero-order valence-electron chi connectivity index (χ0n) is 11.0. The molecule has 1 atom stereocenters. The molecule has 1 saturated carbocycles. The fourth-order valence-electron chi connectivity index (χ4n) is 2.80. The third-order valence-electron chi connectivity index (χ3n) is 4.05. The summed E-state index contributed by atoms with van der Waals surface area (Å²) in [5, 5.41) is 12.5. The second-order valence-electron chi connectivity index (χ2n) is 5.60. The molecule has 0 radical (unpaired) electrons. The monoisotopic (exact) mass is 260 g/mol. The highest BCUT2D eigenvalue weighted by Gasteiger charge is 2.33. The van der Waals surface area contributed by atoms with Crippen LogP contribution in [0.3, 0.4) is 0 Å². The lowest BCUT2D eigenvalue weighted by atomic mass is 10.1. The quantitative estimate of drug-likeness (QED) is 0.846. The third kappa shape index (κ3) is 3.14. The second kappa shape index (κ2) is 5.31. The largest absolute Gasteiger partial charge is 0.478 e. The van der Waals surface area contributed by atoms with Gasteiger partial charge in [-0.1, -0.05) is 12.1 Å². The number of likely N-dealkylation sites (tertiary alicyclic amines) is 1. The van der Waals surface area contributed by atoms with Crippen molar-refractivity contribution in [1.29, 1.82) is 0 Å². The topological polar surface area (TPSA) is 52.6 Å². The van der Waals surface area contributed by atoms with Gasteiger partial charge in [0.2, 0.25) is 0 Å². The van der Waals surface area contributed by atoms with E-state index in [4.69, 9.17) is 5.11 Å². The second-order valence-corrected chi connectivity index (χ2v) is 5.60. The van der Waals surface area contributed by atoms with Gasteiger partial charge in [0.1, 0.15) is 0 Å². The van der Waals surface area contributed by atoms with E-state index >= 15 is 0 Å². The van der Waals surface area contributed by atoms with Crippen LogP contribution in [0.15, 0.2) is 24.3 Å². The van der Waals surface area contributed by atoms with E-state index in [1.54, 1.807) is 12.1 Å². The summed E-state index contributed by atoms with van der Waals surface area (Å²) in [5.74, 6) is -0.859. The maximum atomic E-state index is 10.9. The van der Waals surface area contributed by atoms with Gasteiger partial charge < -0.3 is 10.4 Å². The number of benzene rings is 1. The molecule has 0 spiro atoms. The van der Waals surface area contributed by atoms with Crippen LogP contribution in [-0.2, 0) is 6.54 Å². The molecule has 4 nitrogen and oxygen atoms in total. The van der Waals surface area contributed by atoms with Crippen LogP contribution >= 0.6 is 0 Å². The average Bonchev–Trinajstić information content (AvgIpc) is 3.16. The molecule has 1 aromatic rings. The first-order valence-electron chi connectivity index (χ1n) is 7.02. The molecule has 1 heterocycles. The number of hydrogen-bond acceptors (Lipinski definition) is 3. The number of aromatic carboxylic acids is 1. The normalized spacial score (nSPS) is 23.7. The van der Waals surface area contributed by atoms with Gasteiger partial charge in [-0.3, -0.25) is 4.90 Å². The molecule has 1 aliphatic heterocycles. The fraction of sp³-hybridized carbons (Fsp3) is 0.533. The van der Waals surface area contributed by atoms with Gasteiger partial charge in [0.15, 0.2) is 0 Å². The van der Waals surface area contributed by atoms with Crippen molar-refractivity contribution in [3.63, 3.8) is 0 Å². The highest BCUT2D eigenvalue weighted by atomic mass is 16.4. The van der Waals surface area contributed by atoms with Crippen molar-refractivity contribution in [1.82, 2.24) is 10.2 Å². The van der Waals surface area contributed by atoms with Gasteiger partial charge in [-0.15, -0.1) is 0 Å². The number of nitrogens with one attached hydrogen (secondary N) is 1. The molecule has 1 aliphatic carbocycles. The van der Waals surface area contributed by atoms with Crippen LogP contribution in [0.4, 0.5) is 0 Å². The maximum Gasteiger partial charge on any atom is 0.335 e. The van der Waals surface area contributed by atoms with Crippen LogP contribution < -0.4 is 5.32 Å². The predicted molar refractivity (Wildman–Crippen MR) is 73.2 cm³/mol. The lowest BCUT2D eigenvalue weighted by Gasteiger charge is -2.15. The molecule has 3 rings (SSSR count). The number of nitrogens with zero attached hydrogens (tertiary/aromatic N) is 1. The summed E-state index contributed by atoms with van der Waals surface area (Å²) in [7, 11) is 0. The van der Waals surface area contributed by atoms with E-state index < -0.39 is 5.97 Å². The Morgan fingerprint density at radius 1 is 1.37 bits per heavy atom. The van der Waals surface area contributed by atoms with Gasteiger partial charge in [0, 0.05) is 31.7 Å². The summed E-state index contributed by atoms with van der Waals surface area (Å²) >= 11 is 0. The maximum absolute atomic E-state index is 10.9. The third-order valence-corrected chi connectivity index (χ3v) is 4.05. The molecule has 19 heavy (non-hydrogen) atoms. The molecule has 4 heteroatoms. The predicted octanol–water partition coefficient (Wildman–Crippen LogP) is 1.71. The molecule has 0 aromatic heterocycles. The van der Waals surface area contributed by atoms with Crippen LogP contribution in [-0.4, -0.2) is 41.1 Å². The lowest BCUT2D eigenvalue weighted by molar-refractivity contribution is 0.0696. The first-order valence-corrected chi connectivity index (χ1v) is 7.02. The van der Waals surface area contributed by atoms with E-state index in [-0.39, 0.29) is 0 Å². The Kier molecular flexibility index (Phi) is 3.53. The van der Waals surface area contributed by atoms with Crippen molar-refractivity contribution in [2.75, 3.05) is 13.1 Å². The van der Waals surface area contributed by atoms with Gasteiger partial charge in [-0.2, -0.15) is 0 Å². The van der Waals surface area contributed by atoms with Crippen LogP contribution in [0.5, 0.6) is 0 Å². The van der Waals surface area contributed by atoms with Gasteiger partial charge in [-0.05, 0) is 37.0 Å². The molecule has 2 N–H and O–H groups in total. The summed E-state index contributed by atoms with van der Waals surface area (Å²) in [6.45, 7) is 3.10. The number of carboxylic acid groups (broad SMARTS) is 1. The average molecular weight is 260 g/mol. The highest BCUT2D eigenvalue weighted by Crippen LogP contribution is 2.29. The molecular weight excluding hydrogens is 240 g/mol. The minimum atomic E-state index is -0.859. The molecule has 102 valence electrons. The first-order chi connectivity index (χ1) is 9.22. The summed E-state index contributed by atoms with van der Waals surface area (Å²) in [5.41, 5.74) is 1.41. The van der Waals surface area contributed by atoms with E-state index in [2.05, 4.69) is 10.2 Å². The van der Waals surface area contributed by atoms with Gasteiger partial charge in [0.25, 0.3) is 0 Å². The molecule has 2 fully saturated rings. The minimum Gasteiger partial charge on any atom is -0.478 e.